The van der Waals surface area contributed by atoms with E-state index in [2.05, 4.69) is 10.2 Å². The summed E-state index contributed by atoms with van der Waals surface area (Å²) >= 11 is 0. The number of carbonyl (C=O) groups is 1. The minimum Gasteiger partial charge on any atom is -0.372 e. The molecule has 1 fully saturated rings. The predicted molar refractivity (Wildman–Crippen MR) is 76.0 cm³/mol. The summed E-state index contributed by atoms with van der Waals surface area (Å²) in [6, 6.07) is 9.70. The van der Waals surface area contributed by atoms with E-state index in [9.17, 15) is 4.79 Å². The maximum atomic E-state index is 11.3. The Morgan fingerprint density at radius 3 is 2.37 bits per heavy atom. The Hall–Kier alpha value is -2.02. The fourth-order valence-corrected chi connectivity index (χ4v) is 2.36. The van der Waals surface area contributed by atoms with E-state index < -0.39 is 0 Å². The molecule has 100 valence electrons. The fraction of sp³-hybridized carbons (Fsp3) is 0.467. The zero-order valence-corrected chi connectivity index (χ0v) is 11.1. The quantitative estimate of drug-likeness (QED) is 0.905. The van der Waals surface area contributed by atoms with Crippen molar-refractivity contribution in [3.63, 3.8) is 0 Å². The highest BCUT2D eigenvalue weighted by Crippen LogP contribution is 2.21. The highest BCUT2D eigenvalue weighted by atomic mass is 16.1. The molecule has 1 heterocycles. The molecule has 19 heavy (non-hydrogen) atoms. The molecule has 0 atom stereocenters. The summed E-state index contributed by atoms with van der Waals surface area (Å²) < 4.78 is 0. The number of benzene rings is 1. The smallest absolute Gasteiger partial charge is 0.238 e. The summed E-state index contributed by atoms with van der Waals surface area (Å²) in [6.45, 7) is 2.22. The molecule has 1 saturated heterocycles. The van der Waals surface area contributed by atoms with Gasteiger partial charge in [-0.15, -0.1) is 0 Å². The number of hydrogen-bond acceptors (Lipinski definition) is 3. The van der Waals surface area contributed by atoms with Gasteiger partial charge in [0.05, 0.1) is 6.07 Å². The Morgan fingerprint density at radius 2 is 1.79 bits per heavy atom. The molecule has 0 unspecified atom stereocenters. The SMILES string of the molecule is N#CCC(=O)Nc1ccc(N2CCCCCC2)cc1. The topological polar surface area (TPSA) is 56.1 Å². The van der Waals surface area contributed by atoms with E-state index in [0.717, 1.165) is 18.8 Å². The largest absolute Gasteiger partial charge is 0.372 e. The lowest BCUT2D eigenvalue weighted by Gasteiger charge is -2.22. The first-order chi connectivity index (χ1) is 9.29. The maximum absolute atomic E-state index is 11.3. The molecule has 1 aliphatic rings. The van der Waals surface area contributed by atoms with E-state index >= 15 is 0 Å². The molecule has 1 aliphatic heterocycles. The Morgan fingerprint density at radius 1 is 1.16 bits per heavy atom. The zero-order valence-electron chi connectivity index (χ0n) is 11.1. The van der Waals surface area contributed by atoms with Gasteiger partial charge in [-0.2, -0.15) is 5.26 Å². The van der Waals surface area contributed by atoms with Gasteiger partial charge in [0.15, 0.2) is 0 Å². The van der Waals surface area contributed by atoms with Crippen molar-refractivity contribution in [2.24, 2.45) is 0 Å². The Balaban J connectivity index is 1.97. The number of nitrogens with zero attached hydrogens (tertiary/aromatic N) is 2. The lowest BCUT2D eigenvalue weighted by atomic mass is 10.2. The van der Waals surface area contributed by atoms with Crippen molar-refractivity contribution in [1.82, 2.24) is 0 Å². The molecule has 4 heteroatoms. The molecule has 4 nitrogen and oxygen atoms in total. The lowest BCUT2D eigenvalue weighted by molar-refractivity contribution is -0.115. The molecule has 0 saturated carbocycles. The molecule has 0 radical (unpaired) electrons. The summed E-state index contributed by atoms with van der Waals surface area (Å²) in [4.78, 5) is 13.7. The van der Waals surface area contributed by atoms with Crippen LogP contribution in [0.3, 0.4) is 0 Å². The van der Waals surface area contributed by atoms with Crippen LogP contribution in [0.15, 0.2) is 24.3 Å². The monoisotopic (exact) mass is 257 g/mol. The summed E-state index contributed by atoms with van der Waals surface area (Å²) in [6.07, 6.45) is 5.03. The van der Waals surface area contributed by atoms with Crippen LogP contribution in [0.1, 0.15) is 32.1 Å². The molecule has 0 aliphatic carbocycles. The Kier molecular flexibility index (Phi) is 4.79. The van der Waals surface area contributed by atoms with Gasteiger partial charge >= 0.3 is 0 Å². The first-order valence-electron chi connectivity index (χ1n) is 6.81. The van der Waals surface area contributed by atoms with Crippen LogP contribution in [-0.4, -0.2) is 19.0 Å². The van der Waals surface area contributed by atoms with Gasteiger partial charge in [-0.1, -0.05) is 12.8 Å². The molecular formula is C15H19N3O. The normalized spacial score (nSPS) is 15.4. The third kappa shape index (κ3) is 3.99. The summed E-state index contributed by atoms with van der Waals surface area (Å²) in [7, 11) is 0. The number of carbonyl (C=O) groups excluding carboxylic acids is 1. The number of amides is 1. The predicted octanol–water partition coefficient (Wildman–Crippen LogP) is 2.92. The Bertz CT molecular complexity index is 453. The molecule has 0 bridgehead atoms. The van der Waals surface area contributed by atoms with Crippen LogP contribution < -0.4 is 10.2 Å². The van der Waals surface area contributed by atoms with Crippen LogP contribution in [0.2, 0.25) is 0 Å². The van der Waals surface area contributed by atoms with Crippen molar-refractivity contribution in [1.29, 1.82) is 5.26 Å². The lowest BCUT2D eigenvalue weighted by Crippen LogP contribution is -2.23. The molecule has 1 aromatic rings. The first kappa shape index (κ1) is 13.4. The van der Waals surface area contributed by atoms with E-state index in [1.807, 2.05) is 30.3 Å². The van der Waals surface area contributed by atoms with Crippen LogP contribution in [0.4, 0.5) is 11.4 Å². The van der Waals surface area contributed by atoms with Gasteiger partial charge in [-0.05, 0) is 37.1 Å². The number of nitrogens with one attached hydrogen (secondary N) is 1. The minimum absolute atomic E-state index is 0.103. The van der Waals surface area contributed by atoms with E-state index in [0.29, 0.717) is 0 Å². The average Bonchev–Trinajstić information content (AvgIpc) is 2.69. The summed E-state index contributed by atoms with van der Waals surface area (Å²) in [5.41, 5.74) is 1.96. The van der Waals surface area contributed by atoms with Crippen molar-refractivity contribution in [2.45, 2.75) is 32.1 Å². The number of rotatable bonds is 3. The summed E-state index contributed by atoms with van der Waals surface area (Å²) in [5.74, 6) is -0.259. The van der Waals surface area contributed by atoms with Crippen molar-refractivity contribution < 1.29 is 4.79 Å². The number of anilines is 2. The van der Waals surface area contributed by atoms with E-state index in [4.69, 9.17) is 5.26 Å². The van der Waals surface area contributed by atoms with Gasteiger partial charge in [-0.3, -0.25) is 4.79 Å². The molecule has 1 aromatic carbocycles. The fourth-order valence-electron chi connectivity index (χ4n) is 2.36. The minimum atomic E-state index is -0.259. The third-order valence-electron chi connectivity index (χ3n) is 3.36. The highest BCUT2D eigenvalue weighted by Gasteiger charge is 2.09. The standard InChI is InChI=1S/C15H19N3O/c16-10-9-15(19)17-13-5-7-14(8-6-13)18-11-3-1-2-4-12-18/h5-8H,1-4,9,11-12H2,(H,17,19). The van der Waals surface area contributed by atoms with E-state index in [-0.39, 0.29) is 12.3 Å². The second kappa shape index (κ2) is 6.79. The molecule has 1 amide bonds. The molecule has 2 rings (SSSR count). The van der Waals surface area contributed by atoms with Crippen LogP contribution in [0, 0.1) is 11.3 Å². The molecule has 0 aromatic heterocycles. The average molecular weight is 257 g/mol. The van der Waals surface area contributed by atoms with Crippen molar-refractivity contribution in [2.75, 3.05) is 23.3 Å². The van der Waals surface area contributed by atoms with E-state index in [1.54, 1.807) is 0 Å². The van der Waals surface area contributed by atoms with Gasteiger partial charge in [0.2, 0.25) is 5.91 Å². The first-order valence-corrected chi connectivity index (χ1v) is 6.81. The number of nitriles is 1. The second-order valence-electron chi connectivity index (χ2n) is 4.83. The molecular weight excluding hydrogens is 238 g/mol. The highest BCUT2D eigenvalue weighted by molar-refractivity contribution is 5.92. The number of hydrogen-bond donors (Lipinski definition) is 1. The van der Waals surface area contributed by atoms with E-state index in [1.165, 1.54) is 31.4 Å². The van der Waals surface area contributed by atoms with Gasteiger partial charge in [0, 0.05) is 24.5 Å². The van der Waals surface area contributed by atoms with Crippen molar-refractivity contribution >= 4 is 17.3 Å². The molecule has 1 N–H and O–H groups in total. The van der Waals surface area contributed by atoms with Crippen molar-refractivity contribution in [3.8, 4) is 6.07 Å². The van der Waals surface area contributed by atoms with Crippen molar-refractivity contribution in [3.05, 3.63) is 24.3 Å². The zero-order chi connectivity index (χ0) is 13.5. The maximum Gasteiger partial charge on any atom is 0.238 e. The Labute approximate surface area is 114 Å². The van der Waals surface area contributed by atoms with Crippen LogP contribution in [-0.2, 0) is 4.79 Å². The second-order valence-corrected chi connectivity index (χ2v) is 4.83. The third-order valence-corrected chi connectivity index (χ3v) is 3.36. The van der Waals surface area contributed by atoms with Crippen LogP contribution >= 0.6 is 0 Å². The summed E-state index contributed by atoms with van der Waals surface area (Å²) in [5, 5.41) is 11.1. The van der Waals surface area contributed by atoms with Gasteiger partial charge in [0.25, 0.3) is 0 Å². The van der Waals surface area contributed by atoms with Crippen LogP contribution in [0.25, 0.3) is 0 Å². The van der Waals surface area contributed by atoms with Gasteiger partial charge < -0.3 is 10.2 Å². The van der Waals surface area contributed by atoms with Gasteiger partial charge in [0.1, 0.15) is 6.42 Å². The molecule has 0 spiro atoms. The van der Waals surface area contributed by atoms with Gasteiger partial charge in [-0.25, -0.2) is 0 Å². The van der Waals surface area contributed by atoms with Crippen LogP contribution in [0.5, 0.6) is 0 Å².